The number of carbonyl (C=O) groups is 1. The number of halogens is 2. The highest BCUT2D eigenvalue weighted by Crippen LogP contribution is 1.93. The van der Waals surface area contributed by atoms with Gasteiger partial charge in [-0.25, -0.2) is 0 Å². The lowest BCUT2D eigenvalue weighted by Crippen LogP contribution is -1.95. The fourth-order valence-corrected chi connectivity index (χ4v) is 0.601. The Bertz CT molecular complexity index is 64.0. The molecule has 0 bridgehead atoms. The van der Waals surface area contributed by atoms with Gasteiger partial charge in [-0.2, -0.15) is 0 Å². The van der Waals surface area contributed by atoms with Gasteiger partial charge in [0.1, 0.15) is 0 Å². The molecule has 0 radical (unpaired) electrons. The second kappa shape index (κ2) is 4.59. The fraction of sp³-hybridized carbons (Fsp3) is 0.667. The van der Waals surface area contributed by atoms with Crippen molar-refractivity contribution < 1.29 is 8.62 Å². The van der Waals surface area contributed by atoms with E-state index in [1.54, 1.807) is 0 Å². The average Bonchev–Trinajstić information content (AvgIpc) is 1.68. The number of carbonyl (C=O) groups excluding carboxylic acids is 1. The first-order valence-electron chi connectivity index (χ1n) is 1.68. The summed E-state index contributed by atoms with van der Waals surface area (Å²) in [6, 6.07) is 0. The van der Waals surface area contributed by atoms with Crippen LogP contribution in [0.1, 0.15) is 6.42 Å². The van der Waals surface area contributed by atoms with E-state index in [1.165, 1.54) is 0 Å². The molecule has 0 aliphatic rings. The standard InChI is InChI=1S/C3H4Br2O2/c4-2-1-3(6)7-5/h1-2H2. The van der Waals surface area contributed by atoms with E-state index in [0.29, 0.717) is 11.8 Å². The smallest absolute Gasteiger partial charge is 0.318 e. The zero-order chi connectivity index (χ0) is 5.70. The molecular formula is C3H4Br2O2. The van der Waals surface area contributed by atoms with E-state index in [4.69, 9.17) is 0 Å². The van der Waals surface area contributed by atoms with Crippen LogP contribution in [0.15, 0.2) is 0 Å². The van der Waals surface area contributed by atoms with Crippen molar-refractivity contribution in [2.75, 3.05) is 5.33 Å². The van der Waals surface area contributed by atoms with Crippen molar-refractivity contribution in [3.05, 3.63) is 0 Å². The molecule has 0 saturated heterocycles. The third-order valence-electron chi connectivity index (χ3n) is 0.385. The summed E-state index contributed by atoms with van der Waals surface area (Å²) >= 11 is 5.61. The molecule has 0 fully saturated rings. The van der Waals surface area contributed by atoms with Crippen LogP contribution in [0.2, 0.25) is 0 Å². The molecule has 0 aromatic carbocycles. The Balaban J connectivity index is 3.00. The molecule has 0 unspecified atom stereocenters. The molecule has 7 heavy (non-hydrogen) atoms. The van der Waals surface area contributed by atoms with Crippen molar-refractivity contribution in [2.45, 2.75) is 6.42 Å². The molecule has 0 aromatic heterocycles. The second-order valence-electron chi connectivity index (χ2n) is 0.888. The maximum absolute atomic E-state index is 10.1. The van der Waals surface area contributed by atoms with Gasteiger partial charge in [0, 0.05) is 5.33 Å². The minimum atomic E-state index is -0.253. The van der Waals surface area contributed by atoms with Gasteiger partial charge in [0.05, 0.1) is 6.42 Å². The lowest BCUT2D eigenvalue weighted by molar-refractivity contribution is -0.131. The summed E-state index contributed by atoms with van der Waals surface area (Å²) in [5, 5.41) is 0.650. The van der Waals surface area contributed by atoms with Gasteiger partial charge in [-0.05, 0) is 0 Å². The summed E-state index contributed by atoms with van der Waals surface area (Å²) in [6.45, 7) is 0. The van der Waals surface area contributed by atoms with E-state index in [0.717, 1.165) is 0 Å². The van der Waals surface area contributed by atoms with Crippen LogP contribution in [0.5, 0.6) is 0 Å². The van der Waals surface area contributed by atoms with Crippen LogP contribution >= 0.6 is 32.2 Å². The normalized spacial score (nSPS) is 8.29. The maximum Gasteiger partial charge on any atom is 0.318 e. The minimum Gasteiger partial charge on any atom is -0.384 e. The minimum absolute atomic E-state index is 0.253. The molecule has 0 amide bonds. The maximum atomic E-state index is 10.1. The zero-order valence-electron chi connectivity index (χ0n) is 3.49. The number of hydrogen-bond donors (Lipinski definition) is 0. The number of rotatable bonds is 2. The predicted molar refractivity (Wildman–Crippen MR) is 33.4 cm³/mol. The fourth-order valence-electron chi connectivity index (χ4n) is 0.116. The summed E-state index contributed by atoms with van der Waals surface area (Å²) in [5.41, 5.74) is 0. The van der Waals surface area contributed by atoms with Crippen LogP contribution in [0.3, 0.4) is 0 Å². The highest BCUT2D eigenvalue weighted by atomic mass is 79.9. The molecule has 42 valence electrons. The van der Waals surface area contributed by atoms with Gasteiger partial charge in [0.15, 0.2) is 16.3 Å². The Hall–Kier alpha value is 0.430. The summed E-state index contributed by atoms with van der Waals surface area (Å²) < 4.78 is 4.13. The Kier molecular flexibility index (Phi) is 4.87. The largest absolute Gasteiger partial charge is 0.384 e. The monoisotopic (exact) mass is 230 g/mol. The highest BCUT2D eigenvalue weighted by Gasteiger charge is 1.95. The Labute approximate surface area is 58.8 Å². The van der Waals surface area contributed by atoms with E-state index < -0.39 is 0 Å². The lowest BCUT2D eigenvalue weighted by atomic mass is 10.5. The van der Waals surface area contributed by atoms with Crippen LogP contribution in [-0.4, -0.2) is 11.3 Å². The molecule has 0 aliphatic carbocycles. The van der Waals surface area contributed by atoms with Crippen molar-refractivity contribution in [3.63, 3.8) is 0 Å². The molecule has 0 aliphatic heterocycles. The first-order chi connectivity index (χ1) is 3.31. The van der Waals surface area contributed by atoms with E-state index in [-0.39, 0.29) is 5.97 Å². The first kappa shape index (κ1) is 7.43. The number of hydrogen-bond acceptors (Lipinski definition) is 2. The van der Waals surface area contributed by atoms with Crippen LogP contribution in [0.4, 0.5) is 0 Å². The Morgan fingerprint density at radius 2 is 2.29 bits per heavy atom. The van der Waals surface area contributed by atoms with Gasteiger partial charge in [-0.1, -0.05) is 15.9 Å². The van der Waals surface area contributed by atoms with Crippen LogP contribution < -0.4 is 0 Å². The van der Waals surface area contributed by atoms with Gasteiger partial charge in [0.2, 0.25) is 0 Å². The summed E-state index contributed by atoms with van der Waals surface area (Å²) in [5.74, 6) is -0.253. The zero-order valence-corrected chi connectivity index (χ0v) is 6.66. The van der Waals surface area contributed by atoms with Gasteiger partial charge < -0.3 is 3.83 Å². The SMILES string of the molecule is O=C(CCBr)OBr. The van der Waals surface area contributed by atoms with Gasteiger partial charge in [-0.15, -0.1) is 0 Å². The molecule has 0 rings (SSSR count). The molecule has 0 N–H and O–H groups in total. The molecule has 4 heteroatoms. The summed E-state index contributed by atoms with van der Waals surface area (Å²) in [4.78, 5) is 10.1. The van der Waals surface area contributed by atoms with E-state index >= 15 is 0 Å². The third kappa shape index (κ3) is 4.28. The lowest BCUT2D eigenvalue weighted by Gasteiger charge is -1.86. The Morgan fingerprint density at radius 1 is 1.71 bits per heavy atom. The van der Waals surface area contributed by atoms with E-state index in [9.17, 15) is 4.79 Å². The van der Waals surface area contributed by atoms with Crippen molar-refractivity contribution in [3.8, 4) is 0 Å². The average molecular weight is 232 g/mol. The predicted octanol–water partition coefficient (Wildman–Crippen LogP) is 1.62. The van der Waals surface area contributed by atoms with E-state index in [2.05, 4.69) is 36.0 Å². The second-order valence-corrected chi connectivity index (χ2v) is 2.00. The molecule has 0 atom stereocenters. The van der Waals surface area contributed by atoms with Gasteiger partial charge in [-0.3, -0.25) is 4.79 Å². The van der Waals surface area contributed by atoms with Crippen LogP contribution in [0.25, 0.3) is 0 Å². The molecule has 0 aromatic rings. The molecular weight excluding hydrogens is 228 g/mol. The topological polar surface area (TPSA) is 26.3 Å². The number of alkyl halides is 1. The quantitative estimate of drug-likeness (QED) is 0.676. The Morgan fingerprint density at radius 3 is 2.43 bits per heavy atom. The summed E-state index contributed by atoms with van der Waals surface area (Å²) in [7, 11) is 0. The van der Waals surface area contributed by atoms with Crippen molar-refractivity contribution in [2.24, 2.45) is 0 Å². The molecule has 0 spiro atoms. The van der Waals surface area contributed by atoms with Crippen molar-refractivity contribution in [1.29, 1.82) is 0 Å². The summed E-state index contributed by atoms with van der Waals surface area (Å²) in [6.07, 6.45) is 0.408. The molecule has 0 saturated carbocycles. The van der Waals surface area contributed by atoms with Crippen molar-refractivity contribution in [1.82, 2.24) is 0 Å². The first-order valence-corrected chi connectivity index (χ1v) is 3.45. The van der Waals surface area contributed by atoms with E-state index in [1.807, 2.05) is 0 Å². The highest BCUT2D eigenvalue weighted by molar-refractivity contribution is 9.09. The van der Waals surface area contributed by atoms with Gasteiger partial charge in [0.25, 0.3) is 0 Å². The van der Waals surface area contributed by atoms with Gasteiger partial charge >= 0.3 is 5.97 Å². The molecule has 0 heterocycles. The van der Waals surface area contributed by atoms with Crippen LogP contribution in [0, 0.1) is 0 Å². The van der Waals surface area contributed by atoms with Crippen LogP contribution in [-0.2, 0) is 8.62 Å². The third-order valence-corrected chi connectivity index (χ3v) is 1.14. The molecule has 2 nitrogen and oxygen atoms in total. The van der Waals surface area contributed by atoms with Crippen molar-refractivity contribution >= 4 is 38.2 Å².